The zero-order valence-corrected chi connectivity index (χ0v) is 23.4. The SMILES string of the molecule is CCCCOc1ccc(/C(O)=C2\C(=O)C(=O)N(Cc3cccnc3)[C@H]2c2cc(OC)c(OC)c(OC)c2)c(C)c1. The van der Waals surface area contributed by atoms with E-state index in [0.29, 0.717) is 46.3 Å². The number of hydrogen-bond acceptors (Lipinski definition) is 8. The number of amides is 1. The van der Waals surface area contributed by atoms with E-state index in [4.69, 9.17) is 18.9 Å². The van der Waals surface area contributed by atoms with Crippen LogP contribution >= 0.6 is 0 Å². The number of hydrogen-bond donors (Lipinski definition) is 1. The third-order valence-electron chi connectivity index (χ3n) is 6.84. The van der Waals surface area contributed by atoms with Crippen molar-refractivity contribution in [2.75, 3.05) is 27.9 Å². The summed E-state index contributed by atoms with van der Waals surface area (Å²) in [7, 11) is 4.47. The topological polar surface area (TPSA) is 107 Å². The van der Waals surface area contributed by atoms with Gasteiger partial charge in [-0.15, -0.1) is 0 Å². The molecule has 9 nitrogen and oxygen atoms in total. The molecule has 1 amide bonds. The van der Waals surface area contributed by atoms with Crippen molar-refractivity contribution in [1.82, 2.24) is 9.88 Å². The predicted octanol–water partition coefficient (Wildman–Crippen LogP) is 5.22. The molecule has 0 radical (unpaired) electrons. The Morgan fingerprint density at radius 1 is 1.02 bits per heavy atom. The molecule has 40 heavy (non-hydrogen) atoms. The molecule has 1 N–H and O–H groups in total. The third kappa shape index (κ3) is 5.59. The molecule has 1 aliphatic heterocycles. The second kappa shape index (κ2) is 12.5. The first-order valence-corrected chi connectivity index (χ1v) is 13.1. The number of aliphatic hydroxyl groups excluding tert-OH is 1. The van der Waals surface area contributed by atoms with Crippen LogP contribution < -0.4 is 18.9 Å². The first-order chi connectivity index (χ1) is 19.3. The molecular weight excluding hydrogens is 512 g/mol. The molecule has 0 saturated carbocycles. The summed E-state index contributed by atoms with van der Waals surface area (Å²) >= 11 is 0. The van der Waals surface area contributed by atoms with Crippen LogP contribution in [0, 0.1) is 6.92 Å². The van der Waals surface area contributed by atoms with Crippen LogP contribution in [0.5, 0.6) is 23.0 Å². The Hall–Kier alpha value is -4.53. The van der Waals surface area contributed by atoms with E-state index in [1.165, 1.54) is 26.2 Å². The molecule has 1 aromatic heterocycles. The van der Waals surface area contributed by atoms with Crippen molar-refractivity contribution in [2.24, 2.45) is 0 Å². The van der Waals surface area contributed by atoms with Gasteiger partial charge in [-0.05, 0) is 66.4 Å². The van der Waals surface area contributed by atoms with E-state index in [2.05, 4.69) is 11.9 Å². The Balaban J connectivity index is 1.88. The number of Topliss-reactive ketones (excluding diaryl/α,β-unsaturated/α-hetero) is 1. The molecular formula is C31H34N2O7. The molecule has 1 aliphatic rings. The lowest BCUT2D eigenvalue weighted by Crippen LogP contribution is -2.29. The summed E-state index contributed by atoms with van der Waals surface area (Å²) in [5.41, 5.74) is 2.34. The molecule has 0 unspecified atom stereocenters. The van der Waals surface area contributed by atoms with Gasteiger partial charge in [-0.2, -0.15) is 0 Å². The number of ketones is 1. The number of aryl methyl sites for hydroxylation is 1. The van der Waals surface area contributed by atoms with Crippen molar-refractivity contribution in [2.45, 2.75) is 39.3 Å². The van der Waals surface area contributed by atoms with E-state index >= 15 is 0 Å². The Bertz CT molecular complexity index is 1390. The van der Waals surface area contributed by atoms with Crippen LogP contribution in [0.4, 0.5) is 0 Å². The maximum atomic E-state index is 13.6. The monoisotopic (exact) mass is 546 g/mol. The zero-order valence-electron chi connectivity index (χ0n) is 23.4. The van der Waals surface area contributed by atoms with E-state index < -0.39 is 17.7 Å². The van der Waals surface area contributed by atoms with Gasteiger partial charge in [0.25, 0.3) is 11.7 Å². The van der Waals surface area contributed by atoms with E-state index in [1.54, 1.807) is 42.7 Å². The first kappa shape index (κ1) is 28.5. The van der Waals surface area contributed by atoms with Gasteiger partial charge in [0.05, 0.1) is 39.6 Å². The number of carbonyl (C=O) groups is 2. The minimum atomic E-state index is -0.936. The Morgan fingerprint density at radius 3 is 2.33 bits per heavy atom. The average molecular weight is 547 g/mol. The molecule has 2 aromatic carbocycles. The molecule has 0 aliphatic carbocycles. The van der Waals surface area contributed by atoms with E-state index in [1.807, 2.05) is 19.1 Å². The zero-order chi connectivity index (χ0) is 28.8. The summed E-state index contributed by atoms with van der Waals surface area (Å²) in [6, 6.07) is 11.3. The fourth-order valence-electron chi connectivity index (χ4n) is 4.81. The van der Waals surface area contributed by atoms with Gasteiger partial charge in [0.15, 0.2) is 11.5 Å². The number of pyridine rings is 1. The second-order valence-electron chi connectivity index (χ2n) is 9.43. The quantitative estimate of drug-likeness (QED) is 0.151. The molecule has 3 aromatic rings. The normalized spacial score (nSPS) is 16.2. The lowest BCUT2D eigenvalue weighted by atomic mass is 9.93. The largest absolute Gasteiger partial charge is 0.507 e. The lowest BCUT2D eigenvalue weighted by molar-refractivity contribution is -0.140. The van der Waals surface area contributed by atoms with Crippen molar-refractivity contribution in [3.63, 3.8) is 0 Å². The fourth-order valence-corrected chi connectivity index (χ4v) is 4.81. The lowest BCUT2D eigenvalue weighted by Gasteiger charge is -2.26. The summed E-state index contributed by atoms with van der Waals surface area (Å²) in [6.07, 6.45) is 5.20. The van der Waals surface area contributed by atoms with Crippen LogP contribution in [0.25, 0.3) is 5.76 Å². The number of likely N-dealkylation sites (tertiary alicyclic amines) is 1. The molecule has 2 heterocycles. The molecule has 1 atom stereocenters. The van der Waals surface area contributed by atoms with E-state index in [0.717, 1.165) is 18.4 Å². The minimum Gasteiger partial charge on any atom is -0.507 e. The van der Waals surface area contributed by atoms with Crippen molar-refractivity contribution < 1.29 is 33.6 Å². The molecule has 1 saturated heterocycles. The smallest absolute Gasteiger partial charge is 0.295 e. The van der Waals surface area contributed by atoms with Crippen LogP contribution in [0.15, 0.2) is 60.4 Å². The van der Waals surface area contributed by atoms with Crippen molar-refractivity contribution in [1.29, 1.82) is 0 Å². The highest BCUT2D eigenvalue weighted by Gasteiger charge is 2.46. The fraction of sp³-hybridized carbons (Fsp3) is 0.323. The summed E-state index contributed by atoms with van der Waals surface area (Å²) < 4.78 is 22.4. The van der Waals surface area contributed by atoms with Gasteiger partial charge < -0.3 is 29.0 Å². The van der Waals surface area contributed by atoms with E-state index in [-0.39, 0.29) is 17.9 Å². The van der Waals surface area contributed by atoms with Crippen LogP contribution in [0.2, 0.25) is 0 Å². The number of benzene rings is 2. The maximum Gasteiger partial charge on any atom is 0.295 e. The van der Waals surface area contributed by atoms with Gasteiger partial charge in [-0.1, -0.05) is 19.4 Å². The summed E-state index contributed by atoms with van der Waals surface area (Å²) in [5.74, 6) is -0.0529. The van der Waals surface area contributed by atoms with E-state index in [9.17, 15) is 14.7 Å². The molecule has 0 bridgehead atoms. The van der Waals surface area contributed by atoms with Crippen LogP contribution in [-0.2, 0) is 16.1 Å². The number of aliphatic hydroxyl groups is 1. The van der Waals surface area contributed by atoms with Gasteiger partial charge in [0, 0.05) is 24.5 Å². The number of ether oxygens (including phenoxy) is 4. The van der Waals surface area contributed by atoms with Crippen molar-refractivity contribution >= 4 is 17.4 Å². The molecule has 210 valence electrons. The van der Waals surface area contributed by atoms with Gasteiger partial charge in [0.1, 0.15) is 11.5 Å². The van der Waals surface area contributed by atoms with Gasteiger partial charge in [-0.3, -0.25) is 14.6 Å². The number of aromatic nitrogens is 1. The number of methoxy groups -OCH3 is 3. The standard InChI is InChI=1S/C31H34N2O7/c1-6-7-13-40-22-10-11-23(19(2)14-22)28(34)26-27(21-15-24(37-3)30(39-5)25(16-21)38-4)33(31(36)29(26)35)18-20-9-8-12-32-17-20/h8-12,14-17,27,34H,6-7,13,18H2,1-5H3/b28-26+/t27-/m0/s1. The van der Waals surface area contributed by atoms with Crippen molar-refractivity contribution in [3.05, 3.63) is 82.7 Å². The number of nitrogens with zero attached hydrogens (tertiary/aromatic N) is 2. The predicted molar refractivity (Wildman–Crippen MR) is 150 cm³/mol. The van der Waals surface area contributed by atoms with Crippen molar-refractivity contribution in [3.8, 4) is 23.0 Å². The van der Waals surface area contributed by atoms with Crippen LogP contribution in [-0.4, -0.2) is 54.6 Å². The highest BCUT2D eigenvalue weighted by Crippen LogP contribution is 2.46. The summed E-state index contributed by atoms with van der Waals surface area (Å²) in [4.78, 5) is 32.6. The molecule has 4 rings (SSSR count). The number of rotatable bonds is 11. The Kier molecular flexibility index (Phi) is 8.93. The Morgan fingerprint density at radius 2 is 1.75 bits per heavy atom. The highest BCUT2D eigenvalue weighted by atomic mass is 16.5. The molecule has 9 heteroatoms. The minimum absolute atomic E-state index is 0.0362. The summed E-state index contributed by atoms with van der Waals surface area (Å²) in [5, 5.41) is 11.6. The average Bonchev–Trinajstić information content (AvgIpc) is 3.21. The number of unbranched alkanes of at least 4 members (excludes halogenated alkanes) is 1. The van der Waals surface area contributed by atoms with Crippen LogP contribution in [0.1, 0.15) is 48.1 Å². The maximum absolute atomic E-state index is 13.6. The third-order valence-corrected chi connectivity index (χ3v) is 6.84. The first-order valence-electron chi connectivity index (χ1n) is 13.1. The summed E-state index contributed by atoms with van der Waals surface area (Å²) in [6.45, 7) is 4.59. The molecule has 0 spiro atoms. The number of carbonyl (C=O) groups excluding carboxylic acids is 2. The van der Waals surface area contributed by atoms with Gasteiger partial charge in [0.2, 0.25) is 5.75 Å². The molecule has 1 fully saturated rings. The Labute approximate surface area is 234 Å². The van der Waals surface area contributed by atoms with Gasteiger partial charge >= 0.3 is 0 Å². The highest BCUT2D eigenvalue weighted by molar-refractivity contribution is 6.46. The van der Waals surface area contributed by atoms with Crippen LogP contribution in [0.3, 0.4) is 0 Å². The second-order valence-corrected chi connectivity index (χ2v) is 9.43. The van der Waals surface area contributed by atoms with Gasteiger partial charge in [-0.25, -0.2) is 0 Å².